The molecular weight excluding hydrogens is 190 g/mol. The molecule has 86 valence electrons. The summed E-state index contributed by atoms with van der Waals surface area (Å²) >= 11 is 0. The maximum Gasteiger partial charge on any atom is 0.138 e. The van der Waals surface area contributed by atoms with Crippen LogP contribution in [0, 0.1) is 11.8 Å². The zero-order chi connectivity index (χ0) is 10.5. The van der Waals surface area contributed by atoms with Crippen molar-refractivity contribution in [2.24, 2.45) is 11.8 Å². The smallest absolute Gasteiger partial charge is 0.138 e. The van der Waals surface area contributed by atoms with Gasteiger partial charge in [-0.05, 0) is 44.7 Å². The van der Waals surface area contributed by atoms with E-state index in [9.17, 15) is 4.79 Å². The summed E-state index contributed by atoms with van der Waals surface area (Å²) in [6.07, 6.45) is 5.18. The van der Waals surface area contributed by atoms with E-state index in [1.807, 2.05) is 0 Å². The molecule has 2 rings (SSSR count). The molecule has 2 saturated heterocycles. The van der Waals surface area contributed by atoms with Gasteiger partial charge < -0.3 is 10.1 Å². The number of rotatable bonds is 4. The first-order valence-electron chi connectivity index (χ1n) is 6.17. The molecule has 0 bridgehead atoms. The zero-order valence-electron chi connectivity index (χ0n) is 9.34. The summed E-state index contributed by atoms with van der Waals surface area (Å²) in [5.41, 5.74) is 0. The van der Waals surface area contributed by atoms with Gasteiger partial charge in [0, 0.05) is 18.9 Å². The largest absolute Gasteiger partial charge is 0.381 e. The second-order valence-corrected chi connectivity index (χ2v) is 4.78. The molecule has 2 aliphatic heterocycles. The van der Waals surface area contributed by atoms with E-state index in [2.05, 4.69) is 5.32 Å². The van der Waals surface area contributed by atoms with Gasteiger partial charge in [-0.25, -0.2) is 0 Å². The number of hydrogen-bond donors (Lipinski definition) is 1. The molecule has 0 aromatic heterocycles. The van der Waals surface area contributed by atoms with Crippen molar-refractivity contribution in [2.45, 2.75) is 32.1 Å². The van der Waals surface area contributed by atoms with Crippen molar-refractivity contribution in [1.29, 1.82) is 0 Å². The van der Waals surface area contributed by atoms with Crippen LogP contribution in [0.15, 0.2) is 0 Å². The molecule has 15 heavy (non-hydrogen) atoms. The van der Waals surface area contributed by atoms with Crippen LogP contribution in [0.25, 0.3) is 0 Å². The molecule has 0 spiro atoms. The normalized spacial score (nSPS) is 31.7. The molecule has 0 radical (unpaired) electrons. The molecule has 2 fully saturated rings. The SMILES string of the molecule is O=C(CCC1CCNC1)C1CCCOC1. The minimum Gasteiger partial charge on any atom is -0.381 e. The van der Waals surface area contributed by atoms with Crippen molar-refractivity contribution in [3.63, 3.8) is 0 Å². The molecule has 2 atom stereocenters. The Morgan fingerprint density at radius 1 is 1.40 bits per heavy atom. The van der Waals surface area contributed by atoms with Crippen LogP contribution < -0.4 is 5.32 Å². The average Bonchev–Trinajstić information content (AvgIpc) is 2.80. The predicted octanol–water partition coefficient (Wildman–Crippen LogP) is 1.37. The number of nitrogens with one attached hydrogen (secondary N) is 1. The number of ketones is 1. The molecule has 2 unspecified atom stereocenters. The lowest BCUT2D eigenvalue weighted by molar-refractivity contribution is -0.127. The van der Waals surface area contributed by atoms with E-state index < -0.39 is 0 Å². The number of carbonyl (C=O) groups excluding carboxylic acids is 1. The Hall–Kier alpha value is -0.410. The lowest BCUT2D eigenvalue weighted by Gasteiger charge is -2.21. The minimum atomic E-state index is 0.202. The number of Topliss-reactive ketones (excluding diaryl/α,β-unsaturated/α-hetero) is 1. The van der Waals surface area contributed by atoms with E-state index in [1.165, 1.54) is 6.42 Å². The van der Waals surface area contributed by atoms with Gasteiger partial charge in [0.15, 0.2) is 0 Å². The second-order valence-electron chi connectivity index (χ2n) is 4.78. The van der Waals surface area contributed by atoms with Gasteiger partial charge in [-0.15, -0.1) is 0 Å². The topological polar surface area (TPSA) is 38.3 Å². The molecular formula is C12H21NO2. The van der Waals surface area contributed by atoms with E-state index in [4.69, 9.17) is 4.74 Å². The molecule has 2 heterocycles. The van der Waals surface area contributed by atoms with Gasteiger partial charge in [-0.2, -0.15) is 0 Å². The van der Waals surface area contributed by atoms with Gasteiger partial charge >= 0.3 is 0 Å². The molecule has 1 N–H and O–H groups in total. The maximum absolute atomic E-state index is 11.9. The molecule has 3 heteroatoms. The quantitative estimate of drug-likeness (QED) is 0.763. The maximum atomic E-state index is 11.9. The minimum absolute atomic E-state index is 0.202. The predicted molar refractivity (Wildman–Crippen MR) is 58.8 cm³/mol. The van der Waals surface area contributed by atoms with E-state index in [0.29, 0.717) is 12.4 Å². The summed E-state index contributed by atoms with van der Waals surface area (Å²) in [6, 6.07) is 0. The van der Waals surface area contributed by atoms with Gasteiger partial charge in [0.05, 0.1) is 6.61 Å². The van der Waals surface area contributed by atoms with E-state index in [1.54, 1.807) is 0 Å². The van der Waals surface area contributed by atoms with Gasteiger partial charge in [0.2, 0.25) is 0 Å². The van der Waals surface area contributed by atoms with Crippen molar-refractivity contribution in [2.75, 3.05) is 26.3 Å². The van der Waals surface area contributed by atoms with Crippen LogP contribution in [0.1, 0.15) is 32.1 Å². The summed E-state index contributed by atoms with van der Waals surface area (Å²) in [6.45, 7) is 3.75. The number of hydrogen-bond acceptors (Lipinski definition) is 3. The van der Waals surface area contributed by atoms with Crippen LogP contribution in [-0.4, -0.2) is 32.1 Å². The Bertz CT molecular complexity index is 206. The molecule has 0 aromatic carbocycles. The van der Waals surface area contributed by atoms with Crippen molar-refractivity contribution in [1.82, 2.24) is 5.32 Å². The molecule has 0 aromatic rings. The van der Waals surface area contributed by atoms with Crippen molar-refractivity contribution < 1.29 is 9.53 Å². The van der Waals surface area contributed by atoms with Crippen LogP contribution in [0.5, 0.6) is 0 Å². The van der Waals surface area contributed by atoms with Crippen LogP contribution >= 0.6 is 0 Å². The molecule has 0 aliphatic carbocycles. The number of ether oxygens (including phenoxy) is 1. The van der Waals surface area contributed by atoms with Crippen molar-refractivity contribution in [3.8, 4) is 0 Å². The fraction of sp³-hybridized carbons (Fsp3) is 0.917. The van der Waals surface area contributed by atoms with Gasteiger partial charge in [0.25, 0.3) is 0 Å². The Morgan fingerprint density at radius 2 is 2.33 bits per heavy atom. The van der Waals surface area contributed by atoms with Crippen LogP contribution in [0.3, 0.4) is 0 Å². The van der Waals surface area contributed by atoms with Gasteiger partial charge in [0.1, 0.15) is 5.78 Å². The highest BCUT2D eigenvalue weighted by molar-refractivity contribution is 5.81. The monoisotopic (exact) mass is 211 g/mol. The fourth-order valence-electron chi connectivity index (χ4n) is 2.51. The highest BCUT2D eigenvalue weighted by Crippen LogP contribution is 2.20. The highest BCUT2D eigenvalue weighted by Gasteiger charge is 2.23. The molecule has 0 saturated carbocycles. The van der Waals surface area contributed by atoms with Gasteiger partial charge in [-0.3, -0.25) is 4.79 Å². The summed E-state index contributed by atoms with van der Waals surface area (Å²) in [5, 5.41) is 3.34. The third-order valence-electron chi connectivity index (χ3n) is 3.58. The average molecular weight is 211 g/mol. The van der Waals surface area contributed by atoms with Crippen LogP contribution in [0.4, 0.5) is 0 Å². The highest BCUT2D eigenvalue weighted by atomic mass is 16.5. The van der Waals surface area contributed by atoms with E-state index in [-0.39, 0.29) is 5.92 Å². The summed E-state index contributed by atoms with van der Waals surface area (Å²) in [7, 11) is 0. The van der Waals surface area contributed by atoms with Gasteiger partial charge in [-0.1, -0.05) is 0 Å². The fourth-order valence-corrected chi connectivity index (χ4v) is 2.51. The van der Waals surface area contributed by atoms with E-state index in [0.717, 1.165) is 51.3 Å². The number of carbonyl (C=O) groups is 1. The second kappa shape index (κ2) is 5.61. The van der Waals surface area contributed by atoms with Crippen molar-refractivity contribution in [3.05, 3.63) is 0 Å². The van der Waals surface area contributed by atoms with Crippen molar-refractivity contribution >= 4 is 5.78 Å². The third kappa shape index (κ3) is 3.28. The Morgan fingerprint density at radius 3 is 3.00 bits per heavy atom. The van der Waals surface area contributed by atoms with Crippen LogP contribution in [0.2, 0.25) is 0 Å². The summed E-state index contributed by atoms with van der Waals surface area (Å²) < 4.78 is 5.34. The molecule has 2 aliphatic rings. The summed E-state index contributed by atoms with van der Waals surface area (Å²) in [4.78, 5) is 11.9. The molecule has 3 nitrogen and oxygen atoms in total. The first-order valence-corrected chi connectivity index (χ1v) is 6.17. The lowest BCUT2D eigenvalue weighted by atomic mass is 9.91. The van der Waals surface area contributed by atoms with Crippen LogP contribution in [-0.2, 0) is 9.53 Å². The van der Waals surface area contributed by atoms with E-state index >= 15 is 0 Å². The standard InChI is InChI=1S/C12H21NO2/c14-12(11-2-1-7-15-9-11)4-3-10-5-6-13-8-10/h10-11,13H,1-9H2. The molecule has 0 amide bonds. The third-order valence-corrected chi connectivity index (χ3v) is 3.58. The lowest BCUT2D eigenvalue weighted by Crippen LogP contribution is -2.25. The Kier molecular flexibility index (Phi) is 4.15. The first-order chi connectivity index (χ1) is 7.36. The zero-order valence-corrected chi connectivity index (χ0v) is 9.34. The Balaban J connectivity index is 1.66. The first kappa shape index (κ1) is 11.1. The Labute approximate surface area is 91.6 Å². The summed E-state index contributed by atoms with van der Waals surface area (Å²) in [5.74, 6) is 1.37.